The van der Waals surface area contributed by atoms with Crippen LogP contribution in [0.1, 0.15) is 34.1 Å². The van der Waals surface area contributed by atoms with Gasteiger partial charge in [0, 0.05) is 6.42 Å². The average Bonchev–Trinajstić information content (AvgIpc) is 2.38. The molecule has 0 aromatic carbocycles. The summed E-state index contributed by atoms with van der Waals surface area (Å²) in [6.07, 6.45) is -0.485. The van der Waals surface area contributed by atoms with Gasteiger partial charge >= 0.3 is 6.09 Å². The molecule has 98 valence electrons. The van der Waals surface area contributed by atoms with E-state index in [0.29, 0.717) is 0 Å². The van der Waals surface area contributed by atoms with E-state index in [1.807, 2.05) is 0 Å². The summed E-state index contributed by atoms with van der Waals surface area (Å²) in [6, 6.07) is -0.806. The molecule has 0 saturated carbocycles. The van der Waals surface area contributed by atoms with E-state index in [4.69, 9.17) is 10.5 Å². The largest absolute Gasteiger partial charge is 0.444 e. The highest BCUT2D eigenvalue weighted by Gasteiger charge is 2.45. The molecule has 2 amide bonds. The van der Waals surface area contributed by atoms with Gasteiger partial charge in [-0.2, -0.15) is 0 Å². The van der Waals surface area contributed by atoms with Crippen LogP contribution in [-0.4, -0.2) is 45.8 Å². The fourth-order valence-electron chi connectivity index (χ4n) is 1.83. The second-order valence-electron chi connectivity index (χ2n) is 5.73. The zero-order chi connectivity index (χ0) is 13.4. The van der Waals surface area contributed by atoms with Crippen molar-refractivity contribution in [2.45, 2.75) is 51.4 Å². The molecule has 1 unspecified atom stereocenters. The minimum atomic E-state index is -1.10. The SMILES string of the molecule is CC1(O)C[C@@H](C(N)=O)N(C(=O)OC(C)(C)C)C1. The van der Waals surface area contributed by atoms with E-state index in [2.05, 4.69) is 0 Å². The number of carbonyl (C=O) groups excluding carboxylic acids is 2. The van der Waals surface area contributed by atoms with Gasteiger partial charge in [0.15, 0.2) is 0 Å². The van der Waals surface area contributed by atoms with E-state index in [1.165, 1.54) is 4.90 Å². The molecule has 0 bridgehead atoms. The molecule has 1 aliphatic rings. The predicted octanol–water partition coefficient (Wildman–Crippen LogP) is 0.232. The minimum absolute atomic E-state index is 0.0511. The van der Waals surface area contributed by atoms with Crippen LogP contribution in [0.3, 0.4) is 0 Å². The Balaban J connectivity index is 2.81. The van der Waals surface area contributed by atoms with Gasteiger partial charge in [0.2, 0.25) is 5.91 Å². The Morgan fingerprint density at radius 3 is 2.41 bits per heavy atom. The number of hydrogen-bond donors (Lipinski definition) is 2. The molecular weight excluding hydrogens is 224 g/mol. The number of β-amino-alcohol motifs (C(OH)–C–C–N with tert-alkyl or cyclic N) is 1. The Kier molecular flexibility index (Phi) is 3.38. The molecule has 0 radical (unpaired) electrons. The lowest BCUT2D eigenvalue weighted by Gasteiger charge is -2.27. The van der Waals surface area contributed by atoms with E-state index >= 15 is 0 Å². The molecule has 1 fully saturated rings. The van der Waals surface area contributed by atoms with Crippen molar-refractivity contribution >= 4 is 12.0 Å². The van der Waals surface area contributed by atoms with Crippen molar-refractivity contribution in [2.75, 3.05) is 6.54 Å². The van der Waals surface area contributed by atoms with Crippen LogP contribution in [0.25, 0.3) is 0 Å². The fourth-order valence-corrected chi connectivity index (χ4v) is 1.83. The maximum absolute atomic E-state index is 11.8. The van der Waals surface area contributed by atoms with Crippen molar-refractivity contribution in [3.05, 3.63) is 0 Å². The Bertz CT molecular complexity index is 333. The number of nitrogens with zero attached hydrogens (tertiary/aromatic N) is 1. The quantitative estimate of drug-likeness (QED) is 0.690. The van der Waals surface area contributed by atoms with Crippen LogP contribution in [0.4, 0.5) is 4.79 Å². The highest BCUT2D eigenvalue weighted by atomic mass is 16.6. The summed E-state index contributed by atoms with van der Waals surface area (Å²) in [5, 5.41) is 9.87. The highest BCUT2D eigenvalue weighted by Crippen LogP contribution is 2.28. The number of primary amides is 1. The van der Waals surface area contributed by atoms with Crippen LogP contribution >= 0.6 is 0 Å². The molecule has 6 heteroatoms. The molecule has 3 N–H and O–H groups in total. The van der Waals surface area contributed by atoms with Crippen molar-refractivity contribution in [3.63, 3.8) is 0 Å². The first kappa shape index (κ1) is 13.8. The van der Waals surface area contributed by atoms with Crippen LogP contribution in [0.2, 0.25) is 0 Å². The molecular formula is C11H20N2O4. The number of carbonyl (C=O) groups is 2. The van der Waals surface area contributed by atoms with Gasteiger partial charge in [-0.1, -0.05) is 0 Å². The molecule has 1 aliphatic heterocycles. The van der Waals surface area contributed by atoms with E-state index in [1.54, 1.807) is 27.7 Å². The molecule has 17 heavy (non-hydrogen) atoms. The number of rotatable bonds is 1. The smallest absolute Gasteiger partial charge is 0.411 e. The summed E-state index contributed by atoms with van der Waals surface area (Å²) < 4.78 is 5.16. The second kappa shape index (κ2) is 4.18. The monoisotopic (exact) mass is 244 g/mol. The molecule has 0 spiro atoms. The van der Waals surface area contributed by atoms with Gasteiger partial charge in [0.05, 0.1) is 12.1 Å². The van der Waals surface area contributed by atoms with Gasteiger partial charge in [-0.3, -0.25) is 9.69 Å². The maximum Gasteiger partial charge on any atom is 0.411 e. The fraction of sp³-hybridized carbons (Fsp3) is 0.818. The Morgan fingerprint density at radius 1 is 1.47 bits per heavy atom. The lowest BCUT2D eigenvalue weighted by atomic mass is 10.0. The molecule has 0 aromatic rings. The van der Waals surface area contributed by atoms with Crippen LogP contribution < -0.4 is 5.73 Å². The predicted molar refractivity (Wildman–Crippen MR) is 61.2 cm³/mol. The summed E-state index contributed by atoms with van der Waals surface area (Å²) in [5.74, 6) is -0.631. The van der Waals surface area contributed by atoms with Gasteiger partial charge in [-0.25, -0.2) is 4.79 Å². The molecule has 2 atom stereocenters. The normalized spacial score (nSPS) is 29.2. The number of hydrogen-bond acceptors (Lipinski definition) is 4. The van der Waals surface area contributed by atoms with Crippen LogP contribution in [0, 0.1) is 0 Å². The van der Waals surface area contributed by atoms with Gasteiger partial charge in [0.1, 0.15) is 11.6 Å². The second-order valence-corrected chi connectivity index (χ2v) is 5.73. The van der Waals surface area contributed by atoms with Crippen LogP contribution in [0.5, 0.6) is 0 Å². The molecule has 6 nitrogen and oxygen atoms in total. The van der Waals surface area contributed by atoms with Crippen molar-refractivity contribution in [1.82, 2.24) is 4.90 Å². The Labute approximate surface area is 101 Å². The third kappa shape index (κ3) is 3.59. The molecule has 1 rings (SSSR count). The highest BCUT2D eigenvalue weighted by molar-refractivity contribution is 5.85. The van der Waals surface area contributed by atoms with Crippen LogP contribution in [-0.2, 0) is 9.53 Å². The van der Waals surface area contributed by atoms with Gasteiger partial charge in [-0.15, -0.1) is 0 Å². The summed E-state index contributed by atoms with van der Waals surface area (Å²) in [4.78, 5) is 24.3. The molecule has 0 aromatic heterocycles. The summed E-state index contributed by atoms with van der Waals surface area (Å²) >= 11 is 0. The molecule has 1 heterocycles. The summed E-state index contributed by atoms with van der Waals surface area (Å²) in [6.45, 7) is 6.82. The lowest BCUT2D eigenvalue weighted by molar-refractivity contribution is -0.122. The van der Waals surface area contributed by atoms with Crippen molar-refractivity contribution in [1.29, 1.82) is 0 Å². The van der Waals surface area contributed by atoms with Crippen molar-refractivity contribution in [3.8, 4) is 0 Å². The van der Waals surface area contributed by atoms with E-state index in [9.17, 15) is 14.7 Å². The first-order valence-electron chi connectivity index (χ1n) is 5.53. The third-order valence-electron chi connectivity index (χ3n) is 2.48. The van der Waals surface area contributed by atoms with Crippen LogP contribution in [0.15, 0.2) is 0 Å². The maximum atomic E-state index is 11.8. The molecule has 0 aliphatic carbocycles. The number of likely N-dealkylation sites (tertiary alicyclic amines) is 1. The number of ether oxygens (including phenoxy) is 1. The van der Waals surface area contributed by atoms with Crippen molar-refractivity contribution < 1.29 is 19.4 Å². The van der Waals surface area contributed by atoms with E-state index in [-0.39, 0.29) is 13.0 Å². The van der Waals surface area contributed by atoms with Gasteiger partial charge < -0.3 is 15.6 Å². The Hall–Kier alpha value is -1.30. The number of amides is 2. The first-order chi connectivity index (χ1) is 7.52. The Morgan fingerprint density at radius 2 is 2.00 bits per heavy atom. The van der Waals surface area contributed by atoms with Gasteiger partial charge in [-0.05, 0) is 27.7 Å². The first-order valence-corrected chi connectivity index (χ1v) is 5.53. The summed E-state index contributed by atoms with van der Waals surface area (Å²) in [7, 11) is 0. The third-order valence-corrected chi connectivity index (χ3v) is 2.48. The lowest BCUT2D eigenvalue weighted by Crippen LogP contribution is -2.46. The van der Waals surface area contributed by atoms with E-state index < -0.39 is 29.2 Å². The minimum Gasteiger partial charge on any atom is -0.444 e. The molecule has 1 saturated heterocycles. The van der Waals surface area contributed by atoms with Gasteiger partial charge in [0.25, 0.3) is 0 Å². The number of aliphatic hydroxyl groups is 1. The zero-order valence-electron chi connectivity index (χ0n) is 10.7. The average molecular weight is 244 g/mol. The zero-order valence-corrected chi connectivity index (χ0v) is 10.7. The number of nitrogens with two attached hydrogens (primary N) is 1. The van der Waals surface area contributed by atoms with Crippen molar-refractivity contribution in [2.24, 2.45) is 5.73 Å². The standard InChI is InChI=1S/C11H20N2O4/c1-10(2,3)17-9(15)13-6-11(4,16)5-7(13)8(12)14/h7,16H,5-6H2,1-4H3,(H2,12,14)/t7-,11?/m0/s1. The summed E-state index contributed by atoms with van der Waals surface area (Å²) in [5.41, 5.74) is 3.47. The topological polar surface area (TPSA) is 92.9 Å². The van der Waals surface area contributed by atoms with E-state index in [0.717, 1.165) is 0 Å².